The van der Waals surface area contributed by atoms with Gasteiger partial charge in [-0.1, -0.05) is 0 Å². The number of hydrogen-bond donors (Lipinski definition) is 1. The summed E-state index contributed by atoms with van der Waals surface area (Å²) in [5.41, 5.74) is 5.02. The normalized spacial score (nSPS) is 14.2. The summed E-state index contributed by atoms with van der Waals surface area (Å²) >= 11 is 0. The van der Waals surface area contributed by atoms with Crippen molar-refractivity contribution in [1.82, 2.24) is 9.97 Å². The Morgan fingerprint density at radius 2 is 2.10 bits per heavy atom. The lowest BCUT2D eigenvalue weighted by Crippen LogP contribution is -2.24. The number of hydrogen-bond acceptors (Lipinski definition) is 3. The van der Waals surface area contributed by atoms with E-state index in [1.807, 2.05) is 13.0 Å². The molecule has 1 aliphatic rings. The van der Waals surface area contributed by atoms with Gasteiger partial charge in [0.15, 0.2) is 0 Å². The highest BCUT2D eigenvalue weighted by Crippen LogP contribution is 2.29. The number of aromatic nitrogens is 2. The van der Waals surface area contributed by atoms with Gasteiger partial charge in [0.05, 0.1) is 0 Å². The van der Waals surface area contributed by atoms with Crippen LogP contribution in [0.25, 0.3) is 11.4 Å². The van der Waals surface area contributed by atoms with E-state index < -0.39 is 0 Å². The average Bonchev–Trinajstić information content (AvgIpc) is 2.44. The SMILES string of the molecule is Cc1nc(-c2ccc3c(c2)CCCN3C)[nH]c(=O)c1C. The summed E-state index contributed by atoms with van der Waals surface area (Å²) in [7, 11) is 2.12. The molecule has 2 heterocycles. The van der Waals surface area contributed by atoms with E-state index in [2.05, 4.69) is 34.0 Å². The van der Waals surface area contributed by atoms with Gasteiger partial charge in [0.1, 0.15) is 5.82 Å². The van der Waals surface area contributed by atoms with E-state index in [9.17, 15) is 4.79 Å². The molecular formula is C16H19N3O. The molecule has 0 fully saturated rings. The zero-order valence-corrected chi connectivity index (χ0v) is 12.2. The Morgan fingerprint density at radius 1 is 1.30 bits per heavy atom. The van der Waals surface area contributed by atoms with Gasteiger partial charge < -0.3 is 9.88 Å². The first-order chi connectivity index (χ1) is 9.56. The van der Waals surface area contributed by atoms with Crippen molar-refractivity contribution in [2.45, 2.75) is 26.7 Å². The van der Waals surface area contributed by atoms with E-state index in [1.54, 1.807) is 6.92 Å². The van der Waals surface area contributed by atoms with Gasteiger partial charge >= 0.3 is 0 Å². The summed E-state index contributed by atoms with van der Waals surface area (Å²) in [6.07, 6.45) is 2.26. The van der Waals surface area contributed by atoms with E-state index in [1.165, 1.54) is 17.7 Å². The van der Waals surface area contributed by atoms with Crippen LogP contribution in [0.1, 0.15) is 23.2 Å². The Balaban J connectivity index is 2.10. The number of benzene rings is 1. The molecule has 0 saturated carbocycles. The molecule has 2 aromatic rings. The van der Waals surface area contributed by atoms with Gasteiger partial charge in [-0.2, -0.15) is 0 Å². The average molecular weight is 269 g/mol. The number of fused-ring (bicyclic) bond motifs is 1. The van der Waals surface area contributed by atoms with Crippen LogP contribution >= 0.6 is 0 Å². The smallest absolute Gasteiger partial charge is 0.254 e. The summed E-state index contributed by atoms with van der Waals surface area (Å²) in [6, 6.07) is 6.31. The van der Waals surface area contributed by atoms with E-state index in [0.29, 0.717) is 11.4 Å². The molecule has 1 aromatic heterocycles. The zero-order valence-electron chi connectivity index (χ0n) is 12.2. The third-order valence-corrected chi connectivity index (χ3v) is 4.10. The predicted molar refractivity (Wildman–Crippen MR) is 81.4 cm³/mol. The molecule has 0 spiro atoms. The van der Waals surface area contributed by atoms with Crippen molar-refractivity contribution in [2.75, 3.05) is 18.5 Å². The van der Waals surface area contributed by atoms with Crippen LogP contribution in [-0.2, 0) is 6.42 Å². The minimum Gasteiger partial charge on any atom is -0.374 e. The van der Waals surface area contributed by atoms with Gasteiger partial charge in [0.2, 0.25) is 0 Å². The Morgan fingerprint density at radius 3 is 2.85 bits per heavy atom. The molecule has 3 rings (SSSR count). The number of nitrogens with zero attached hydrogens (tertiary/aromatic N) is 2. The maximum absolute atomic E-state index is 11.9. The van der Waals surface area contributed by atoms with Gasteiger partial charge in [0.25, 0.3) is 5.56 Å². The van der Waals surface area contributed by atoms with E-state index in [0.717, 1.165) is 24.2 Å². The Hall–Kier alpha value is -2.10. The van der Waals surface area contributed by atoms with Crippen LogP contribution in [-0.4, -0.2) is 23.6 Å². The first-order valence-electron chi connectivity index (χ1n) is 6.98. The lowest BCUT2D eigenvalue weighted by Gasteiger charge is -2.27. The first kappa shape index (κ1) is 12.9. The minimum atomic E-state index is -0.0534. The third kappa shape index (κ3) is 2.11. The van der Waals surface area contributed by atoms with Crippen LogP contribution in [0.2, 0.25) is 0 Å². The highest BCUT2D eigenvalue weighted by molar-refractivity contribution is 5.65. The van der Waals surface area contributed by atoms with Crippen molar-refractivity contribution >= 4 is 5.69 Å². The second-order valence-electron chi connectivity index (χ2n) is 5.49. The van der Waals surface area contributed by atoms with Crippen LogP contribution in [0, 0.1) is 13.8 Å². The van der Waals surface area contributed by atoms with Gasteiger partial charge in [-0.15, -0.1) is 0 Å². The molecule has 0 atom stereocenters. The summed E-state index contributed by atoms with van der Waals surface area (Å²) in [4.78, 5) is 21.5. The molecule has 1 N–H and O–H groups in total. The monoisotopic (exact) mass is 269 g/mol. The predicted octanol–water partition coefficient (Wildman–Crippen LogP) is 2.44. The van der Waals surface area contributed by atoms with E-state index in [-0.39, 0.29) is 5.56 Å². The molecule has 0 radical (unpaired) electrons. The molecule has 104 valence electrons. The van der Waals surface area contributed by atoms with Crippen molar-refractivity contribution in [1.29, 1.82) is 0 Å². The maximum atomic E-state index is 11.9. The Bertz CT molecular complexity index is 718. The van der Waals surface area contributed by atoms with Crippen LogP contribution in [0.15, 0.2) is 23.0 Å². The quantitative estimate of drug-likeness (QED) is 0.865. The van der Waals surface area contributed by atoms with Crippen LogP contribution in [0.3, 0.4) is 0 Å². The molecule has 0 saturated heterocycles. The fourth-order valence-electron chi connectivity index (χ4n) is 2.71. The first-order valence-corrected chi connectivity index (χ1v) is 6.98. The maximum Gasteiger partial charge on any atom is 0.254 e. The number of H-pyrrole nitrogens is 1. The minimum absolute atomic E-state index is 0.0534. The Labute approximate surface area is 118 Å². The molecule has 20 heavy (non-hydrogen) atoms. The summed E-state index contributed by atoms with van der Waals surface area (Å²) in [5.74, 6) is 0.661. The summed E-state index contributed by atoms with van der Waals surface area (Å²) in [6.45, 7) is 4.78. The number of rotatable bonds is 1. The van der Waals surface area contributed by atoms with Crippen molar-refractivity contribution in [2.24, 2.45) is 0 Å². The van der Waals surface area contributed by atoms with Gasteiger partial charge in [-0.05, 0) is 50.5 Å². The number of aromatic amines is 1. The summed E-state index contributed by atoms with van der Waals surface area (Å²) < 4.78 is 0. The molecule has 4 heteroatoms. The molecule has 0 amide bonds. The fourth-order valence-corrected chi connectivity index (χ4v) is 2.71. The lowest BCUT2D eigenvalue weighted by atomic mass is 9.99. The molecule has 0 unspecified atom stereocenters. The standard InChI is InChI=1S/C16H19N3O/c1-10-11(2)17-15(18-16(10)20)13-6-7-14-12(9-13)5-4-8-19(14)3/h6-7,9H,4-5,8H2,1-3H3,(H,17,18,20). The van der Waals surface area contributed by atoms with Crippen LogP contribution < -0.4 is 10.5 Å². The lowest BCUT2D eigenvalue weighted by molar-refractivity contribution is 0.744. The Kier molecular flexibility index (Phi) is 3.08. The second-order valence-corrected chi connectivity index (χ2v) is 5.49. The van der Waals surface area contributed by atoms with Crippen LogP contribution in [0.4, 0.5) is 5.69 Å². The number of nitrogens with one attached hydrogen (secondary N) is 1. The van der Waals surface area contributed by atoms with Crippen molar-refractivity contribution in [3.05, 3.63) is 45.4 Å². The molecule has 1 aliphatic heterocycles. The van der Waals surface area contributed by atoms with Crippen molar-refractivity contribution < 1.29 is 0 Å². The highest BCUT2D eigenvalue weighted by atomic mass is 16.1. The topological polar surface area (TPSA) is 49.0 Å². The summed E-state index contributed by atoms with van der Waals surface area (Å²) in [5, 5.41) is 0. The van der Waals surface area contributed by atoms with Gasteiger partial charge in [-0.25, -0.2) is 4.98 Å². The molecule has 0 bridgehead atoms. The van der Waals surface area contributed by atoms with Crippen molar-refractivity contribution in [3.63, 3.8) is 0 Å². The number of aryl methyl sites for hydroxylation is 2. The number of anilines is 1. The second kappa shape index (κ2) is 4.78. The van der Waals surface area contributed by atoms with E-state index >= 15 is 0 Å². The molecule has 4 nitrogen and oxygen atoms in total. The molecular weight excluding hydrogens is 250 g/mol. The van der Waals surface area contributed by atoms with Crippen molar-refractivity contribution in [3.8, 4) is 11.4 Å². The van der Waals surface area contributed by atoms with Gasteiger partial charge in [0, 0.05) is 36.1 Å². The van der Waals surface area contributed by atoms with Gasteiger partial charge in [-0.3, -0.25) is 4.79 Å². The molecule has 1 aromatic carbocycles. The van der Waals surface area contributed by atoms with Crippen LogP contribution in [0.5, 0.6) is 0 Å². The molecule has 0 aliphatic carbocycles. The highest BCUT2D eigenvalue weighted by Gasteiger charge is 2.15. The largest absolute Gasteiger partial charge is 0.374 e. The third-order valence-electron chi connectivity index (χ3n) is 4.10. The fraction of sp³-hybridized carbons (Fsp3) is 0.375. The van der Waals surface area contributed by atoms with E-state index in [4.69, 9.17) is 0 Å². The zero-order chi connectivity index (χ0) is 14.3.